The van der Waals surface area contributed by atoms with Crippen molar-refractivity contribution in [1.29, 1.82) is 0 Å². The Morgan fingerprint density at radius 1 is 1.04 bits per heavy atom. The highest BCUT2D eigenvalue weighted by Crippen LogP contribution is 2.37. The molecule has 5 heteroatoms. The van der Waals surface area contributed by atoms with E-state index in [2.05, 4.69) is 53.7 Å². The lowest BCUT2D eigenvalue weighted by molar-refractivity contribution is -0.00744. The molecule has 150 valence electrons. The van der Waals surface area contributed by atoms with E-state index in [9.17, 15) is 0 Å². The van der Waals surface area contributed by atoms with Gasteiger partial charge in [-0.1, -0.05) is 26.0 Å². The largest absolute Gasteiger partial charge is 0.498 e. The van der Waals surface area contributed by atoms with Gasteiger partial charge in [-0.25, -0.2) is 0 Å². The summed E-state index contributed by atoms with van der Waals surface area (Å²) >= 11 is 0. The lowest BCUT2D eigenvalue weighted by Gasteiger charge is -2.32. The maximum atomic E-state index is 6.24. The van der Waals surface area contributed by atoms with Gasteiger partial charge in [0.1, 0.15) is 5.75 Å². The van der Waals surface area contributed by atoms with Crippen molar-refractivity contribution in [3.05, 3.63) is 23.8 Å². The van der Waals surface area contributed by atoms with Gasteiger partial charge in [0.15, 0.2) is 0 Å². The first-order valence-electron chi connectivity index (χ1n) is 10.3. The third-order valence-electron chi connectivity index (χ3n) is 6.84. The first-order chi connectivity index (χ1) is 12.6. The van der Waals surface area contributed by atoms with Crippen molar-refractivity contribution in [2.24, 2.45) is 11.8 Å². The maximum Gasteiger partial charge on any atom is 0.498 e. The zero-order valence-corrected chi connectivity index (χ0v) is 18.0. The van der Waals surface area contributed by atoms with Crippen molar-refractivity contribution < 1.29 is 18.8 Å². The minimum atomic E-state index is -0.430. The molecule has 2 fully saturated rings. The fourth-order valence-electron chi connectivity index (χ4n) is 3.89. The standard InChI is InChI=1S/C22H35BO4/c1-15-8-10-18(12-16(15)2)25-14-17-9-11-20(24-7)19(13-17)23-26-21(3,4)22(5,6)27-23/h9,11,13,15-16,18H,8,10,12,14H2,1-7H3. The molecule has 0 bridgehead atoms. The van der Waals surface area contributed by atoms with Crippen molar-refractivity contribution in [2.75, 3.05) is 7.11 Å². The molecule has 1 saturated heterocycles. The summed E-state index contributed by atoms with van der Waals surface area (Å²) in [4.78, 5) is 0. The highest BCUT2D eigenvalue weighted by molar-refractivity contribution is 6.63. The number of ether oxygens (including phenoxy) is 2. The van der Waals surface area contributed by atoms with Gasteiger partial charge in [0.2, 0.25) is 0 Å². The van der Waals surface area contributed by atoms with Crippen molar-refractivity contribution in [3.8, 4) is 5.75 Å². The van der Waals surface area contributed by atoms with Crippen molar-refractivity contribution in [2.45, 2.75) is 84.7 Å². The SMILES string of the molecule is COc1ccc(COC2CCC(C)C(C)C2)cc1B1OC(C)(C)C(C)(C)O1. The molecular weight excluding hydrogens is 339 g/mol. The fraction of sp³-hybridized carbons (Fsp3) is 0.727. The normalized spacial score (nSPS) is 29.7. The Morgan fingerprint density at radius 3 is 2.30 bits per heavy atom. The molecule has 0 radical (unpaired) electrons. The minimum absolute atomic E-state index is 0.360. The smallest absolute Gasteiger partial charge is 0.497 e. The van der Waals surface area contributed by atoms with E-state index < -0.39 is 7.12 Å². The number of benzene rings is 1. The molecule has 1 heterocycles. The Kier molecular flexibility index (Phi) is 5.95. The Labute approximate surface area is 165 Å². The first kappa shape index (κ1) is 20.7. The Hall–Kier alpha value is -1.04. The van der Waals surface area contributed by atoms with Gasteiger partial charge in [0.05, 0.1) is 31.0 Å². The predicted molar refractivity (Wildman–Crippen MR) is 109 cm³/mol. The van der Waals surface area contributed by atoms with Gasteiger partial charge >= 0.3 is 7.12 Å². The molecule has 0 N–H and O–H groups in total. The van der Waals surface area contributed by atoms with E-state index in [0.29, 0.717) is 12.7 Å². The summed E-state index contributed by atoms with van der Waals surface area (Å²) in [6.45, 7) is 13.6. The molecule has 0 amide bonds. The van der Waals surface area contributed by atoms with Gasteiger partial charge in [-0.05, 0) is 70.4 Å². The summed E-state index contributed by atoms with van der Waals surface area (Å²) < 4.78 is 24.3. The van der Waals surface area contributed by atoms with Crippen LogP contribution in [0.15, 0.2) is 18.2 Å². The second kappa shape index (κ2) is 7.77. The third-order valence-corrected chi connectivity index (χ3v) is 6.84. The van der Waals surface area contributed by atoms with E-state index in [0.717, 1.165) is 41.5 Å². The second-order valence-corrected chi connectivity index (χ2v) is 9.37. The molecule has 1 aliphatic carbocycles. The zero-order chi connectivity index (χ0) is 19.8. The van der Waals surface area contributed by atoms with Crippen LogP contribution in [0.25, 0.3) is 0 Å². The van der Waals surface area contributed by atoms with Crippen LogP contribution in [-0.2, 0) is 20.7 Å². The molecular formula is C22H35BO4. The average molecular weight is 374 g/mol. The van der Waals surface area contributed by atoms with Crippen molar-refractivity contribution in [3.63, 3.8) is 0 Å². The molecule has 27 heavy (non-hydrogen) atoms. The minimum Gasteiger partial charge on any atom is -0.497 e. The van der Waals surface area contributed by atoms with Crippen LogP contribution in [0.1, 0.15) is 66.4 Å². The molecule has 2 aliphatic rings. The van der Waals surface area contributed by atoms with E-state index in [4.69, 9.17) is 18.8 Å². The molecule has 4 nitrogen and oxygen atoms in total. The van der Waals surface area contributed by atoms with E-state index in [1.165, 1.54) is 6.42 Å². The predicted octanol–water partition coefficient (Wildman–Crippen LogP) is 4.34. The molecule has 0 spiro atoms. The first-order valence-corrected chi connectivity index (χ1v) is 10.3. The average Bonchev–Trinajstić information content (AvgIpc) is 2.83. The lowest BCUT2D eigenvalue weighted by Crippen LogP contribution is -2.41. The van der Waals surface area contributed by atoms with Gasteiger partial charge in [0, 0.05) is 5.46 Å². The van der Waals surface area contributed by atoms with E-state index in [1.807, 2.05) is 6.07 Å². The third kappa shape index (κ3) is 4.36. The molecule has 0 aromatic heterocycles. The van der Waals surface area contributed by atoms with Gasteiger partial charge in [0.25, 0.3) is 0 Å². The summed E-state index contributed by atoms with van der Waals surface area (Å²) in [5, 5.41) is 0. The molecule has 3 atom stereocenters. The summed E-state index contributed by atoms with van der Waals surface area (Å²) in [7, 11) is 1.26. The Morgan fingerprint density at radius 2 is 1.70 bits per heavy atom. The maximum absolute atomic E-state index is 6.24. The molecule has 1 aliphatic heterocycles. The highest BCUT2D eigenvalue weighted by Gasteiger charge is 2.52. The van der Waals surface area contributed by atoms with Crippen LogP contribution in [0, 0.1) is 11.8 Å². The van der Waals surface area contributed by atoms with Gasteiger partial charge in [-0.15, -0.1) is 0 Å². The van der Waals surface area contributed by atoms with E-state index in [1.54, 1.807) is 7.11 Å². The highest BCUT2D eigenvalue weighted by atomic mass is 16.7. The molecule has 1 aromatic rings. The number of methoxy groups -OCH3 is 1. The second-order valence-electron chi connectivity index (χ2n) is 9.37. The van der Waals surface area contributed by atoms with Crippen molar-refractivity contribution >= 4 is 12.6 Å². The summed E-state index contributed by atoms with van der Waals surface area (Å²) in [6, 6.07) is 6.17. The van der Waals surface area contributed by atoms with Gasteiger partial charge in [-0.2, -0.15) is 0 Å². The van der Waals surface area contributed by atoms with Crippen LogP contribution < -0.4 is 10.2 Å². The molecule has 1 saturated carbocycles. The summed E-state index contributed by atoms with van der Waals surface area (Å²) in [5.74, 6) is 2.33. The fourth-order valence-corrected chi connectivity index (χ4v) is 3.89. The number of hydrogen-bond donors (Lipinski definition) is 0. The van der Waals surface area contributed by atoms with Gasteiger partial charge < -0.3 is 18.8 Å². The van der Waals surface area contributed by atoms with Crippen molar-refractivity contribution in [1.82, 2.24) is 0 Å². The Balaban J connectivity index is 1.71. The van der Waals surface area contributed by atoms with Crippen LogP contribution in [0.3, 0.4) is 0 Å². The topological polar surface area (TPSA) is 36.9 Å². The van der Waals surface area contributed by atoms with Gasteiger partial charge in [-0.3, -0.25) is 0 Å². The zero-order valence-electron chi connectivity index (χ0n) is 18.0. The Bertz CT molecular complexity index is 642. The van der Waals surface area contributed by atoms with Crippen LogP contribution in [0.2, 0.25) is 0 Å². The van der Waals surface area contributed by atoms with E-state index in [-0.39, 0.29) is 11.2 Å². The summed E-state index contributed by atoms with van der Waals surface area (Å²) in [6.07, 6.45) is 3.93. The lowest BCUT2D eigenvalue weighted by atomic mass is 9.77. The molecule has 3 unspecified atom stereocenters. The number of rotatable bonds is 5. The number of hydrogen-bond acceptors (Lipinski definition) is 4. The van der Waals surface area contributed by atoms with Crippen LogP contribution in [0.4, 0.5) is 0 Å². The van der Waals surface area contributed by atoms with E-state index >= 15 is 0 Å². The quantitative estimate of drug-likeness (QED) is 0.719. The van der Waals surface area contributed by atoms with Crippen LogP contribution in [-0.4, -0.2) is 31.5 Å². The summed E-state index contributed by atoms with van der Waals surface area (Å²) in [5.41, 5.74) is 1.32. The monoisotopic (exact) mass is 374 g/mol. The van der Waals surface area contributed by atoms with Crippen LogP contribution in [0.5, 0.6) is 5.75 Å². The molecule has 1 aromatic carbocycles. The molecule has 3 rings (SSSR count). The van der Waals surface area contributed by atoms with Crippen LogP contribution >= 0.6 is 0 Å².